The molecule has 4 heterocycles. The molecule has 0 amide bonds. The van der Waals surface area contributed by atoms with Gasteiger partial charge in [0.15, 0.2) is 0 Å². The van der Waals surface area contributed by atoms with E-state index in [-0.39, 0.29) is 5.56 Å². The number of nitrogens with zero attached hydrogens (tertiary/aromatic N) is 5. The Kier molecular flexibility index (Phi) is 6.42. The number of hydrogen-bond donors (Lipinski definition) is 0. The fourth-order valence-electron chi connectivity index (χ4n) is 4.63. The molecule has 0 spiro atoms. The van der Waals surface area contributed by atoms with E-state index in [1.807, 2.05) is 23.0 Å². The van der Waals surface area contributed by atoms with Crippen LogP contribution in [0.15, 0.2) is 53.7 Å². The van der Waals surface area contributed by atoms with Crippen LogP contribution in [0.5, 0.6) is 0 Å². The molecule has 5 rings (SSSR count). The van der Waals surface area contributed by atoms with Gasteiger partial charge in [0.25, 0.3) is 5.56 Å². The number of alkyl halides is 3. The average molecular weight is 482 g/mol. The molecule has 3 aromatic heterocycles. The molecule has 0 saturated carbocycles. The van der Waals surface area contributed by atoms with E-state index >= 15 is 0 Å². The van der Waals surface area contributed by atoms with Crippen LogP contribution in [-0.2, 0) is 12.7 Å². The van der Waals surface area contributed by atoms with E-state index in [1.54, 1.807) is 12.3 Å². The Morgan fingerprint density at radius 2 is 1.83 bits per heavy atom. The summed E-state index contributed by atoms with van der Waals surface area (Å²) in [5.74, 6) is 0. The van der Waals surface area contributed by atoms with Gasteiger partial charge in [-0.25, -0.2) is 0 Å². The average Bonchev–Trinajstić information content (AvgIpc) is 3.43. The first-order chi connectivity index (χ1) is 16.9. The minimum absolute atomic E-state index is 0.284. The molecule has 1 aliphatic heterocycles. The molecule has 1 fully saturated rings. The van der Waals surface area contributed by atoms with Gasteiger partial charge in [-0.2, -0.15) is 18.3 Å². The summed E-state index contributed by atoms with van der Waals surface area (Å²) in [6, 6.07) is 5.32. The topological polar surface area (TPSA) is 56.0 Å². The monoisotopic (exact) mass is 481 g/mol. The largest absolute Gasteiger partial charge is 0.417 e. The van der Waals surface area contributed by atoms with Crippen molar-refractivity contribution in [3.05, 3.63) is 75.4 Å². The number of pyridine rings is 2. The van der Waals surface area contributed by atoms with Gasteiger partial charge in [-0.05, 0) is 69.6 Å². The summed E-state index contributed by atoms with van der Waals surface area (Å²) < 4.78 is 41.9. The van der Waals surface area contributed by atoms with Gasteiger partial charge in [0.05, 0.1) is 22.8 Å². The number of allylic oxidation sites excluding steroid dienone is 2. The summed E-state index contributed by atoms with van der Waals surface area (Å²) in [5, 5.41) is 6.57. The Balaban J connectivity index is 1.35. The highest BCUT2D eigenvalue weighted by Crippen LogP contribution is 2.29. The minimum Gasteiger partial charge on any atom is -0.303 e. The zero-order valence-electron chi connectivity index (χ0n) is 19.2. The second-order valence-corrected chi connectivity index (χ2v) is 8.88. The van der Waals surface area contributed by atoms with Crippen molar-refractivity contribution in [1.29, 1.82) is 0 Å². The molecular weight excluding hydrogens is 455 g/mol. The molecular formula is C26H26F3N5O. The Morgan fingerprint density at radius 3 is 2.54 bits per heavy atom. The second-order valence-electron chi connectivity index (χ2n) is 8.88. The van der Waals surface area contributed by atoms with Crippen LogP contribution in [0.2, 0.25) is 0 Å². The normalized spacial score (nSPS) is 16.3. The summed E-state index contributed by atoms with van der Waals surface area (Å²) in [6.45, 7) is 4.30. The third-order valence-electron chi connectivity index (χ3n) is 6.48. The molecule has 0 N–H and O–H groups in total. The van der Waals surface area contributed by atoms with Crippen molar-refractivity contribution in [3.63, 3.8) is 0 Å². The first-order valence-corrected chi connectivity index (χ1v) is 11.8. The Labute approximate surface area is 200 Å². The van der Waals surface area contributed by atoms with Crippen molar-refractivity contribution in [2.45, 2.75) is 38.4 Å². The fraction of sp³-hybridized carbons (Fsp3) is 0.346. The maximum atomic E-state index is 12.9. The summed E-state index contributed by atoms with van der Waals surface area (Å²) in [7, 11) is 0. The van der Waals surface area contributed by atoms with E-state index < -0.39 is 11.7 Å². The highest BCUT2D eigenvalue weighted by molar-refractivity contribution is 5.78. The van der Waals surface area contributed by atoms with E-state index in [4.69, 9.17) is 0 Å². The number of likely N-dealkylation sites (tertiary alicyclic amines) is 1. The predicted octanol–water partition coefficient (Wildman–Crippen LogP) is 3.12. The summed E-state index contributed by atoms with van der Waals surface area (Å²) >= 11 is 0. The Morgan fingerprint density at radius 1 is 1.00 bits per heavy atom. The first-order valence-electron chi connectivity index (χ1n) is 11.8. The van der Waals surface area contributed by atoms with E-state index in [2.05, 4.69) is 21.1 Å². The predicted molar refractivity (Wildman–Crippen MR) is 129 cm³/mol. The van der Waals surface area contributed by atoms with Gasteiger partial charge in [-0.3, -0.25) is 19.0 Å². The Bertz CT molecular complexity index is 1410. The molecule has 182 valence electrons. The first kappa shape index (κ1) is 23.3. The molecule has 1 aliphatic carbocycles. The molecule has 1 saturated heterocycles. The van der Waals surface area contributed by atoms with E-state index in [9.17, 15) is 18.0 Å². The highest BCUT2D eigenvalue weighted by Gasteiger charge is 2.30. The lowest BCUT2D eigenvalue weighted by atomic mass is 10.1. The lowest BCUT2D eigenvalue weighted by Crippen LogP contribution is -2.31. The molecule has 6 nitrogen and oxygen atoms in total. The van der Waals surface area contributed by atoms with Crippen LogP contribution < -0.4 is 16.1 Å². The van der Waals surface area contributed by atoms with Gasteiger partial charge in [0.1, 0.15) is 0 Å². The van der Waals surface area contributed by atoms with Crippen molar-refractivity contribution >= 4 is 17.8 Å². The van der Waals surface area contributed by atoms with Crippen molar-refractivity contribution in [1.82, 2.24) is 24.2 Å². The summed E-state index contributed by atoms with van der Waals surface area (Å²) in [6.07, 6.45) is 10.1. The maximum absolute atomic E-state index is 12.9. The summed E-state index contributed by atoms with van der Waals surface area (Å²) in [5.41, 5.74) is 0.400. The fourth-order valence-corrected chi connectivity index (χ4v) is 4.63. The molecule has 0 unspecified atom stereocenters. The molecule has 0 aromatic carbocycles. The zero-order valence-corrected chi connectivity index (χ0v) is 19.2. The zero-order chi connectivity index (χ0) is 24.4. The van der Waals surface area contributed by atoms with Gasteiger partial charge < -0.3 is 4.90 Å². The van der Waals surface area contributed by atoms with Crippen LogP contribution in [0, 0.1) is 0 Å². The molecule has 0 atom stereocenters. The van der Waals surface area contributed by atoms with Crippen molar-refractivity contribution in [2.24, 2.45) is 0 Å². The van der Waals surface area contributed by atoms with Gasteiger partial charge in [-0.15, -0.1) is 0 Å². The van der Waals surface area contributed by atoms with Crippen LogP contribution in [-0.4, -0.2) is 43.9 Å². The molecule has 0 radical (unpaired) electrons. The van der Waals surface area contributed by atoms with Gasteiger partial charge in [-0.1, -0.05) is 12.2 Å². The quantitative estimate of drug-likeness (QED) is 0.543. The molecule has 9 heteroatoms. The number of aryl methyl sites for hydroxylation is 1. The standard InChI is InChI=1S/C26H26F3N5O/c27-26(28,29)21-7-8-23(30-18-21)19-9-14-33(25(35)16-19)22-5-3-6-24-20(15-22)17-31-34(24)13-4-12-32-10-1-2-11-32/h5-9,14-18H,1-4,10-13H2. The molecule has 3 aromatic rings. The van der Waals surface area contributed by atoms with E-state index in [0.717, 1.165) is 48.0 Å². The van der Waals surface area contributed by atoms with Crippen LogP contribution in [0.4, 0.5) is 13.2 Å². The van der Waals surface area contributed by atoms with E-state index in [0.29, 0.717) is 17.7 Å². The number of fused-ring (bicyclic) bond motifs is 1. The lowest BCUT2D eigenvalue weighted by molar-refractivity contribution is -0.137. The molecule has 2 aliphatic rings. The van der Waals surface area contributed by atoms with Gasteiger partial charge >= 0.3 is 6.18 Å². The highest BCUT2D eigenvalue weighted by atomic mass is 19.4. The third-order valence-corrected chi connectivity index (χ3v) is 6.48. The van der Waals surface area contributed by atoms with Crippen LogP contribution >= 0.6 is 0 Å². The van der Waals surface area contributed by atoms with Crippen molar-refractivity contribution < 1.29 is 13.2 Å². The SMILES string of the molecule is O=c1cc(-c2ccc(C(F)(F)F)cn2)ccn1C1=CCC=c2c(cnn2CCCN2CCCC2)=C1. The number of hydrogen-bond acceptors (Lipinski definition) is 4. The van der Waals surface area contributed by atoms with Gasteiger partial charge in [0.2, 0.25) is 0 Å². The lowest BCUT2D eigenvalue weighted by Gasteiger charge is -2.13. The maximum Gasteiger partial charge on any atom is 0.417 e. The summed E-state index contributed by atoms with van der Waals surface area (Å²) in [4.78, 5) is 19.3. The number of halogens is 3. The minimum atomic E-state index is -4.45. The van der Waals surface area contributed by atoms with Crippen molar-refractivity contribution in [2.75, 3.05) is 19.6 Å². The molecule has 35 heavy (non-hydrogen) atoms. The Hall–Kier alpha value is -3.46. The van der Waals surface area contributed by atoms with E-state index in [1.165, 1.54) is 42.6 Å². The van der Waals surface area contributed by atoms with Crippen LogP contribution in [0.1, 0.15) is 31.2 Å². The molecule has 0 bridgehead atoms. The third kappa shape index (κ3) is 5.14. The number of aromatic nitrogens is 4. The van der Waals surface area contributed by atoms with Gasteiger partial charge in [0, 0.05) is 41.5 Å². The van der Waals surface area contributed by atoms with Crippen LogP contribution in [0.25, 0.3) is 29.1 Å². The smallest absolute Gasteiger partial charge is 0.303 e. The van der Waals surface area contributed by atoms with Crippen LogP contribution in [0.3, 0.4) is 0 Å². The van der Waals surface area contributed by atoms with Crippen molar-refractivity contribution in [3.8, 4) is 11.3 Å². The number of rotatable bonds is 6. The second kappa shape index (κ2) is 9.65.